The highest BCUT2D eigenvalue weighted by atomic mass is 35.5. The minimum absolute atomic E-state index is 0.236. The summed E-state index contributed by atoms with van der Waals surface area (Å²) in [5.41, 5.74) is 0.745. The van der Waals surface area contributed by atoms with Gasteiger partial charge in [0.15, 0.2) is 0 Å². The molecule has 1 aromatic carbocycles. The van der Waals surface area contributed by atoms with Gasteiger partial charge in [-0.05, 0) is 31.2 Å². The highest BCUT2D eigenvalue weighted by molar-refractivity contribution is 7.99. The molecule has 1 aliphatic rings. The Morgan fingerprint density at radius 1 is 1.19 bits per heavy atom. The molecule has 5 nitrogen and oxygen atoms in total. The highest BCUT2D eigenvalue weighted by Crippen LogP contribution is 2.33. The van der Waals surface area contributed by atoms with Gasteiger partial charge in [-0.3, -0.25) is 4.79 Å². The van der Waals surface area contributed by atoms with E-state index in [1.165, 1.54) is 22.5 Å². The molecule has 0 aliphatic carbocycles. The van der Waals surface area contributed by atoms with Crippen LogP contribution in [0.2, 0.25) is 10.0 Å². The number of anilines is 1. The Bertz CT molecular complexity index is 938. The summed E-state index contributed by atoms with van der Waals surface area (Å²) in [6.07, 6.45) is 0. The van der Waals surface area contributed by atoms with Gasteiger partial charge in [-0.15, -0.1) is 11.3 Å². The maximum Gasteiger partial charge on any atom is 0.257 e. The summed E-state index contributed by atoms with van der Waals surface area (Å²) in [5, 5.41) is 3.41. The fourth-order valence-corrected chi connectivity index (χ4v) is 7.11. The summed E-state index contributed by atoms with van der Waals surface area (Å²) in [6.45, 7) is 2.78. The summed E-state index contributed by atoms with van der Waals surface area (Å²) in [5.74, 6) is 1.18. The number of nitrogens with one attached hydrogen (secondary N) is 1. The van der Waals surface area contributed by atoms with Crippen LogP contribution < -0.4 is 5.32 Å². The van der Waals surface area contributed by atoms with Crippen LogP contribution in [0.1, 0.15) is 15.2 Å². The molecule has 2 heterocycles. The Kier molecular flexibility index (Phi) is 6.21. The summed E-state index contributed by atoms with van der Waals surface area (Å²) >= 11 is 14.8. The number of thiophene rings is 1. The molecule has 1 amide bonds. The van der Waals surface area contributed by atoms with Crippen LogP contribution in [0.15, 0.2) is 28.5 Å². The minimum Gasteiger partial charge on any atom is -0.321 e. The molecular weight excluding hydrogens is 435 g/mol. The number of hydrogen-bond donors (Lipinski definition) is 1. The van der Waals surface area contributed by atoms with Crippen molar-refractivity contribution in [1.82, 2.24) is 4.31 Å². The molecule has 26 heavy (non-hydrogen) atoms. The van der Waals surface area contributed by atoms with Gasteiger partial charge < -0.3 is 5.32 Å². The first-order chi connectivity index (χ1) is 12.3. The van der Waals surface area contributed by atoms with Gasteiger partial charge in [0.1, 0.15) is 4.21 Å². The first-order valence-corrected chi connectivity index (χ1v) is 11.9. The molecule has 10 heteroatoms. The van der Waals surface area contributed by atoms with Crippen molar-refractivity contribution in [3.8, 4) is 0 Å². The molecule has 1 N–H and O–H groups in total. The number of carbonyl (C=O) groups excluding carboxylic acids is 1. The Morgan fingerprint density at radius 3 is 2.54 bits per heavy atom. The number of hydrogen-bond acceptors (Lipinski definition) is 5. The average Bonchev–Trinajstić information content (AvgIpc) is 2.97. The van der Waals surface area contributed by atoms with E-state index in [1.54, 1.807) is 24.8 Å². The van der Waals surface area contributed by atoms with E-state index in [4.69, 9.17) is 23.2 Å². The van der Waals surface area contributed by atoms with Gasteiger partial charge in [-0.25, -0.2) is 8.42 Å². The maximum absolute atomic E-state index is 12.8. The quantitative estimate of drug-likeness (QED) is 0.751. The molecule has 1 aliphatic heterocycles. The van der Waals surface area contributed by atoms with Gasteiger partial charge in [0.05, 0.1) is 16.3 Å². The lowest BCUT2D eigenvalue weighted by atomic mass is 10.2. The van der Waals surface area contributed by atoms with Gasteiger partial charge >= 0.3 is 0 Å². The van der Waals surface area contributed by atoms with Gasteiger partial charge in [-0.2, -0.15) is 16.1 Å². The Hall–Kier alpha value is -0.770. The molecule has 2 aromatic rings. The van der Waals surface area contributed by atoms with E-state index < -0.39 is 15.9 Å². The zero-order valence-electron chi connectivity index (χ0n) is 13.8. The van der Waals surface area contributed by atoms with E-state index in [0.29, 0.717) is 28.7 Å². The Labute approximate surface area is 170 Å². The third kappa shape index (κ3) is 4.21. The van der Waals surface area contributed by atoms with Crippen molar-refractivity contribution in [2.24, 2.45) is 0 Å². The largest absolute Gasteiger partial charge is 0.321 e. The lowest BCUT2D eigenvalue weighted by Gasteiger charge is -2.24. The van der Waals surface area contributed by atoms with Crippen LogP contribution in [-0.4, -0.2) is 43.2 Å². The smallest absolute Gasteiger partial charge is 0.257 e. The van der Waals surface area contributed by atoms with Crippen molar-refractivity contribution in [2.45, 2.75) is 11.1 Å². The number of nitrogens with zero attached hydrogens (tertiary/aromatic N) is 1. The van der Waals surface area contributed by atoms with Crippen LogP contribution >= 0.6 is 46.3 Å². The number of sulfonamides is 1. The molecule has 1 aromatic heterocycles. The van der Waals surface area contributed by atoms with Crippen LogP contribution in [-0.2, 0) is 10.0 Å². The molecule has 0 spiro atoms. The second-order valence-electron chi connectivity index (χ2n) is 5.63. The van der Waals surface area contributed by atoms with Crippen LogP contribution in [0, 0.1) is 6.92 Å². The van der Waals surface area contributed by atoms with Gasteiger partial charge in [0, 0.05) is 34.5 Å². The van der Waals surface area contributed by atoms with Crippen molar-refractivity contribution in [2.75, 3.05) is 29.9 Å². The molecule has 0 bridgehead atoms. The van der Waals surface area contributed by atoms with Crippen LogP contribution in [0.4, 0.5) is 5.69 Å². The van der Waals surface area contributed by atoms with Crippen molar-refractivity contribution < 1.29 is 13.2 Å². The van der Waals surface area contributed by atoms with E-state index in [0.717, 1.165) is 22.8 Å². The number of carbonyl (C=O) groups is 1. The lowest BCUT2D eigenvalue weighted by molar-refractivity contribution is 0.102. The lowest BCUT2D eigenvalue weighted by Crippen LogP contribution is -2.37. The fraction of sp³-hybridized carbons (Fsp3) is 0.312. The number of benzene rings is 1. The monoisotopic (exact) mass is 450 g/mol. The zero-order chi connectivity index (χ0) is 18.9. The topological polar surface area (TPSA) is 66.5 Å². The standard InChI is InChI=1S/C16H16Cl2N2O3S3/c1-10-14(19-16(21)12-3-2-11(17)8-13(12)18)9-15(25-10)26(22,23)20-4-6-24-7-5-20/h2-3,8-9H,4-7H2,1H3,(H,19,21). The van der Waals surface area contributed by atoms with E-state index in [9.17, 15) is 13.2 Å². The Balaban J connectivity index is 1.83. The fourth-order valence-electron chi connectivity index (χ4n) is 2.48. The molecule has 0 radical (unpaired) electrons. The number of rotatable bonds is 4. The van der Waals surface area contributed by atoms with E-state index >= 15 is 0 Å². The summed E-state index contributed by atoms with van der Waals surface area (Å²) in [6, 6.07) is 6.11. The second-order valence-corrected chi connectivity index (χ2v) is 11.1. The first-order valence-electron chi connectivity index (χ1n) is 7.74. The predicted octanol–water partition coefficient (Wildman–Crippen LogP) is 4.35. The SMILES string of the molecule is Cc1sc(S(=O)(=O)N2CCSCC2)cc1NC(=O)c1ccc(Cl)cc1Cl. The third-order valence-corrected chi connectivity index (χ3v) is 8.77. The van der Waals surface area contributed by atoms with Gasteiger partial charge in [0.2, 0.25) is 0 Å². The van der Waals surface area contributed by atoms with Crippen molar-refractivity contribution in [3.63, 3.8) is 0 Å². The van der Waals surface area contributed by atoms with Crippen LogP contribution in [0.25, 0.3) is 0 Å². The average molecular weight is 451 g/mol. The minimum atomic E-state index is -3.53. The van der Waals surface area contributed by atoms with Crippen molar-refractivity contribution in [3.05, 3.63) is 44.8 Å². The Morgan fingerprint density at radius 2 is 1.88 bits per heavy atom. The summed E-state index contributed by atoms with van der Waals surface area (Å²) in [4.78, 5) is 13.2. The molecule has 0 atom stereocenters. The predicted molar refractivity (Wildman–Crippen MR) is 110 cm³/mol. The zero-order valence-corrected chi connectivity index (χ0v) is 17.8. The number of amides is 1. The molecule has 0 unspecified atom stereocenters. The second kappa shape index (κ2) is 8.08. The molecule has 0 saturated carbocycles. The number of halogens is 2. The maximum atomic E-state index is 12.8. The molecule has 3 rings (SSSR count). The van der Waals surface area contributed by atoms with E-state index in [1.807, 2.05) is 0 Å². The highest BCUT2D eigenvalue weighted by Gasteiger charge is 2.28. The van der Waals surface area contributed by atoms with Crippen LogP contribution in [0.5, 0.6) is 0 Å². The summed E-state index contributed by atoms with van der Waals surface area (Å²) < 4.78 is 27.3. The van der Waals surface area contributed by atoms with Crippen LogP contribution in [0.3, 0.4) is 0 Å². The molecule has 1 fully saturated rings. The van der Waals surface area contributed by atoms with Gasteiger partial charge in [-0.1, -0.05) is 23.2 Å². The number of aryl methyl sites for hydroxylation is 1. The molecule has 1 saturated heterocycles. The first kappa shape index (κ1) is 20.0. The van der Waals surface area contributed by atoms with E-state index in [-0.39, 0.29) is 14.8 Å². The van der Waals surface area contributed by atoms with Crippen molar-refractivity contribution >= 4 is 67.9 Å². The van der Waals surface area contributed by atoms with Crippen molar-refractivity contribution in [1.29, 1.82) is 0 Å². The third-order valence-electron chi connectivity index (χ3n) is 3.88. The molecule has 140 valence electrons. The van der Waals surface area contributed by atoms with E-state index in [2.05, 4.69) is 5.32 Å². The van der Waals surface area contributed by atoms with Gasteiger partial charge in [0.25, 0.3) is 15.9 Å². The normalized spacial score (nSPS) is 15.8. The molecular formula is C16H16Cl2N2O3S3. The number of thioether (sulfide) groups is 1. The summed E-state index contributed by atoms with van der Waals surface area (Å²) in [7, 11) is -3.53.